The minimum absolute atomic E-state index is 0.0373. The lowest BCUT2D eigenvalue weighted by molar-refractivity contribution is -0.384. The van der Waals surface area contributed by atoms with Crippen LogP contribution < -0.4 is 15.4 Å². The van der Waals surface area contributed by atoms with E-state index in [1.807, 2.05) is 0 Å². The van der Waals surface area contributed by atoms with Crippen LogP contribution in [0.3, 0.4) is 0 Å². The maximum absolute atomic E-state index is 12.5. The predicted molar refractivity (Wildman–Crippen MR) is 127 cm³/mol. The fraction of sp³-hybridized carbons (Fsp3) is 0.273. The lowest BCUT2D eigenvalue weighted by Crippen LogP contribution is -2.28. The van der Waals surface area contributed by atoms with Gasteiger partial charge in [0.25, 0.3) is 11.6 Å². The number of carbonyl (C=O) groups excluding carboxylic acids is 2. The van der Waals surface area contributed by atoms with Gasteiger partial charge in [0, 0.05) is 30.4 Å². The average Bonchev–Trinajstić information content (AvgIpc) is 3.19. The number of hydrogen-bond acceptors (Lipinski definition) is 8. The number of aryl methyl sites for hydroxylation is 1. The van der Waals surface area contributed by atoms with Crippen LogP contribution in [-0.4, -0.2) is 44.4 Å². The minimum atomic E-state index is -0.486. The van der Waals surface area contributed by atoms with Gasteiger partial charge in [-0.15, -0.1) is 10.2 Å². The van der Waals surface area contributed by atoms with Gasteiger partial charge in [-0.3, -0.25) is 19.7 Å². The van der Waals surface area contributed by atoms with Crippen LogP contribution in [-0.2, 0) is 11.8 Å². The summed E-state index contributed by atoms with van der Waals surface area (Å²) in [4.78, 5) is 35.3. The summed E-state index contributed by atoms with van der Waals surface area (Å²) in [5.74, 6) is 0.718. The summed E-state index contributed by atoms with van der Waals surface area (Å²) in [5.41, 5.74) is 1.55. The summed E-state index contributed by atoms with van der Waals surface area (Å²) in [6, 6.07) is 10.6. The summed E-state index contributed by atoms with van der Waals surface area (Å²) in [5, 5.41) is 25.3. The number of anilines is 1. The van der Waals surface area contributed by atoms with Crippen molar-refractivity contribution < 1.29 is 19.2 Å². The van der Waals surface area contributed by atoms with Crippen molar-refractivity contribution in [3.05, 3.63) is 69.5 Å². The quantitative estimate of drug-likeness (QED) is 0.268. The van der Waals surface area contributed by atoms with Crippen LogP contribution in [0.15, 0.2) is 47.6 Å². The van der Waals surface area contributed by atoms with E-state index in [1.54, 1.807) is 56.8 Å². The van der Waals surface area contributed by atoms with Gasteiger partial charge in [0.05, 0.1) is 23.8 Å². The molecule has 0 saturated carbocycles. The number of nitrogens with one attached hydrogen (secondary N) is 2. The maximum Gasteiger partial charge on any atom is 0.269 e. The van der Waals surface area contributed by atoms with Gasteiger partial charge in [0.2, 0.25) is 5.91 Å². The molecule has 2 aromatic carbocycles. The van der Waals surface area contributed by atoms with Crippen molar-refractivity contribution in [1.29, 1.82) is 0 Å². The number of hydrogen-bond donors (Lipinski definition) is 2. The maximum atomic E-state index is 12.5. The number of nitrogens with zero attached hydrogens (tertiary/aromatic N) is 4. The molecule has 0 spiro atoms. The monoisotopic (exact) mass is 484 g/mol. The van der Waals surface area contributed by atoms with Gasteiger partial charge >= 0.3 is 0 Å². The molecule has 1 aromatic heterocycles. The molecule has 0 bridgehead atoms. The third kappa shape index (κ3) is 5.90. The molecule has 34 heavy (non-hydrogen) atoms. The van der Waals surface area contributed by atoms with Crippen LogP contribution in [0.1, 0.15) is 34.7 Å². The smallest absolute Gasteiger partial charge is 0.269 e. The molecule has 1 atom stereocenters. The second-order valence-electron chi connectivity index (χ2n) is 7.42. The Morgan fingerprint density at radius 3 is 2.53 bits per heavy atom. The van der Waals surface area contributed by atoms with Gasteiger partial charge in [0.15, 0.2) is 11.0 Å². The van der Waals surface area contributed by atoms with E-state index in [-0.39, 0.29) is 23.3 Å². The van der Waals surface area contributed by atoms with Crippen LogP contribution in [0, 0.1) is 17.0 Å². The number of nitro benzene ring substituents is 1. The first-order valence-electron chi connectivity index (χ1n) is 10.2. The summed E-state index contributed by atoms with van der Waals surface area (Å²) in [6.45, 7) is 3.48. The molecule has 0 fully saturated rings. The Bertz CT molecular complexity index is 1210. The van der Waals surface area contributed by atoms with Crippen LogP contribution in [0.4, 0.5) is 11.4 Å². The summed E-state index contributed by atoms with van der Waals surface area (Å²) >= 11 is 1.19. The van der Waals surface area contributed by atoms with E-state index >= 15 is 0 Å². The number of benzene rings is 2. The number of aromatic nitrogens is 3. The SMILES string of the molecule is COc1ccc(C(=O)NC(C)c2nnc(SCC(=O)Nc3ccc([N+](=O)[O-])cc3C)n2C)cc1. The number of methoxy groups -OCH3 is 1. The Morgan fingerprint density at radius 1 is 1.21 bits per heavy atom. The van der Waals surface area contributed by atoms with Crippen molar-refractivity contribution in [3.63, 3.8) is 0 Å². The highest BCUT2D eigenvalue weighted by atomic mass is 32.2. The number of non-ortho nitro benzene ring substituents is 1. The summed E-state index contributed by atoms with van der Waals surface area (Å²) in [6.07, 6.45) is 0. The van der Waals surface area contributed by atoms with Gasteiger partial charge in [-0.2, -0.15) is 0 Å². The molecule has 0 saturated heterocycles. The normalized spacial score (nSPS) is 11.5. The first kappa shape index (κ1) is 24.7. The molecule has 178 valence electrons. The topological polar surface area (TPSA) is 141 Å². The van der Waals surface area contributed by atoms with Gasteiger partial charge in [-0.05, 0) is 49.7 Å². The van der Waals surface area contributed by atoms with Gasteiger partial charge in [0.1, 0.15) is 5.75 Å². The second-order valence-corrected chi connectivity index (χ2v) is 8.36. The molecule has 2 N–H and O–H groups in total. The van der Waals surface area contributed by atoms with E-state index in [2.05, 4.69) is 20.8 Å². The van der Waals surface area contributed by atoms with Gasteiger partial charge in [-0.1, -0.05) is 11.8 Å². The zero-order chi connectivity index (χ0) is 24.8. The lowest BCUT2D eigenvalue weighted by Gasteiger charge is -2.14. The number of carbonyl (C=O) groups is 2. The van der Waals surface area contributed by atoms with Gasteiger partial charge < -0.3 is 19.9 Å². The number of thioether (sulfide) groups is 1. The zero-order valence-corrected chi connectivity index (χ0v) is 19.9. The fourth-order valence-electron chi connectivity index (χ4n) is 3.13. The van der Waals surface area contributed by atoms with Crippen LogP contribution in [0.25, 0.3) is 0 Å². The van der Waals surface area contributed by atoms with E-state index in [1.165, 1.54) is 30.0 Å². The van der Waals surface area contributed by atoms with Crippen molar-refractivity contribution in [1.82, 2.24) is 20.1 Å². The summed E-state index contributed by atoms with van der Waals surface area (Å²) in [7, 11) is 3.31. The Kier molecular flexibility index (Phi) is 7.84. The number of nitro groups is 1. The van der Waals surface area contributed by atoms with E-state index in [0.717, 1.165) is 0 Å². The number of rotatable bonds is 9. The van der Waals surface area contributed by atoms with Gasteiger partial charge in [-0.25, -0.2) is 0 Å². The molecule has 1 unspecified atom stereocenters. The van der Waals surface area contributed by atoms with Crippen molar-refractivity contribution in [3.8, 4) is 5.75 Å². The molecule has 3 aromatic rings. The average molecular weight is 485 g/mol. The lowest BCUT2D eigenvalue weighted by atomic mass is 10.2. The van der Waals surface area contributed by atoms with Crippen LogP contribution in [0.2, 0.25) is 0 Å². The van der Waals surface area contributed by atoms with Crippen molar-refractivity contribution in [2.24, 2.45) is 7.05 Å². The predicted octanol–water partition coefficient (Wildman–Crippen LogP) is 3.26. The molecule has 0 aliphatic heterocycles. The Morgan fingerprint density at radius 2 is 1.91 bits per heavy atom. The van der Waals surface area contributed by atoms with E-state index in [9.17, 15) is 19.7 Å². The molecule has 1 heterocycles. The van der Waals surface area contributed by atoms with Crippen molar-refractivity contribution >= 4 is 35.0 Å². The minimum Gasteiger partial charge on any atom is -0.497 e. The Hall–Kier alpha value is -3.93. The third-order valence-corrected chi connectivity index (χ3v) is 6.00. The zero-order valence-electron chi connectivity index (χ0n) is 19.1. The third-order valence-electron chi connectivity index (χ3n) is 4.98. The highest BCUT2D eigenvalue weighted by Crippen LogP contribution is 2.23. The largest absolute Gasteiger partial charge is 0.497 e. The molecule has 11 nitrogen and oxygen atoms in total. The molecule has 12 heteroatoms. The first-order valence-corrected chi connectivity index (χ1v) is 11.2. The number of amides is 2. The highest BCUT2D eigenvalue weighted by Gasteiger charge is 2.19. The molecule has 2 amide bonds. The Balaban J connectivity index is 1.57. The summed E-state index contributed by atoms with van der Waals surface area (Å²) < 4.78 is 6.82. The Labute approximate surface area is 200 Å². The molecular formula is C22H24N6O5S. The molecule has 3 rings (SSSR count). The fourth-order valence-corrected chi connectivity index (χ4v) is 3.85. The highest BCUT2D eigenvalue weighted by molar-refractivity contribution is 7.99. The van der Waals surface area contributed by atoms with Crippen LogP contribution in [0.5, 0.6) is 5.75 Å². The molecule has 0 aliphatic rings. The van der Waals surface area contributed by atoms with E-state index in [0.29, 0.717) is 33.5 Å². The van der Waals surface area contributed by atoms with Crippen LogP contribution >= 0.6 is 11.8 Å². The standard InChI is InChI=1S/C22H24N6O5S/c1-13-11-16(28(31)32)7-10-18(13)24-19(29)12-34-22-26-25-20(27(22)3)14(2)23-21(30)15-5-8-17(33-4)9-6-15/h5-11,14H,12H2,1-4H3,(H,23,30)(H,24,29). The van der Waals surface area contributed by atoms with Crippen molar-refractivity contribution in [2.75, 3.05) is 18.2 Å². The van der Waals surface area contributed by atoms with E-state index in [4.69, 9.17) is 4.74 Å². The van der Waals surface area contributed by atoms with E-state index < -0.39 is 11.0 Å². The van der Waals surface area contributed by atoms with Crippen molar-refractivity contribution in [2.45, 2.75) is 25.0 Å². The second kappa shape index (κ2) is 10.8. The molecule has 0 radical (unpaired) electrons. The molecular weight excluding hydrogens is 460 g/mol. The molecule has 0 aliphatic carbocycles. The first-order chi connectivity index (χ1) is 16.2. The number of ether oxygens (including phenoxy) is 1.